The molecule has 0 radical (unpaired) electrons. The summed E-state index contributed by atoms with van der Waals surface area (Å²) in [6.07, 6.45) is 2.47. The van der Waals surface area contributed by atoms with Crippen LogP contribution >= 0.6 is 0 Å². The first-order valence-electron chi connectivity index (χ1n) is 7.37. The van der Waals surface area contributed by atoms with Gasteiger partial charge in [0.25, 0.3) is 0 Å². The SMILES string of the molecule is CCCC(O[SiH3])C(C)(c1ccccc1)c1ccccc1. The lowest BCUT2D eigenvalue weighted by atomic mass is 9.71. The Morgan fingerprint density at radius 1 is 0.950 bits per heavy atom. The predicted octanol–water partition coefficient (Wildman–Crippen LogP) is 3.46. The Morgan fingerprint density at radius 2 is 1.40 bits per heavy atom. The number of benzene rings is 2. The molecule has 0 fully saturated rings. The molecule has 0 aliphatic carbocycles. The Hall–Kier alpha value is -1.38. The van der Waals surface area contributed by atoms with Gasteiger partial charge >= 0.3 is 0 Å². The summed E-state index contributed by atoms with van der Waals surface area (Å²) in [5.74, 6) is 0. The molecule has 0 saturated heterocycles. The van der Waals surface area contributed by atoms with Crippen LogP contribution in [0.2, 0.25) is 0 Å². The van der Waals surface area contributed by atoms with Gasteiger partial charge in [0, 0.05) is 5.41 Å². The monoisotopic (exact) mass is 284 g/mol. The first-order valence-corrected chi connectivity index (χ1v) is 8.19. The standard InChI is InChI=1S/C18H24OSi/c1-3-10-17(19-20)18(2,15-11-6-4-7-12-15)16-13-8-5-9-14-16/h4-9,11-14,17H,3,10H2,1-2,20H3. The molecule has 2 aromatic rings. The van der Waals surface area contributed by atoms with Crippen molar-refractivity contribution >= 4 is 10.5 Å². The van der Waals surface area contributed by atoms with Gasteiger partial charge in [-0.05, 0) is 24.5 Å². The molecular weight excluding hydrogens is 260 g/mol. The van der Waals surface area contributed by atoms with Crippen LogP contribution in [0.5, 0.6) is 0 Å². The highest BCUT2D eigenvalue weighted by atomic mass is 28.2. The zero-order valence-corrected chi connectivity index (χ0v) is 14.7. The Labute approximate surface area is 125 Å². The molecule has 2 aromatic carbocycles. The van der Waals surface area contributed by atoms with Crippen molar-refractivity contribution in [2.75, 3.05) is 0 Å². The minimum absolute atomic E-state index is 0.0831. The van der Waals surface area contributed by atoms with Gasteiger partial charge in [0.05, 0.1) is 6.10 Å². The van der Waals surface area contributed by atoms with Gasteiger partial charge in [0.15, 0.2) is 0 Å². The predicted molar refractivity (Wildman–Crippen MR) is 89.1 cm³/mol. The van der Waals surface area contributed by atoms with Crippen molar-refractivity contribution in [1.82, 2.24) is 0 Å². The first-order chi connectivity index (χ1) is 9.73. The fourth-order valence-electron chi connectivity index (χ4n) is 3.01. The van der Waals surface area contributed by atoms with Crippen LogP contribution in [-0.4, -0.2) is 16.6 Å². The van der Waals surface area contributed by atoms with E-state index in [0.717, 1.165) is 23.3 Å². The molecule has 1 nitrogen and oxygen atoms in total. The van der Waals surface area contributed by atoms with E-state index < -0.39 is 0 Å². The summed E-state index contributed by atoms with van der Waals surface area (Å²) in [5, 5.41) is 0. The third kappa shape index (κ3) is 2.86. The van der Waals surface area contributed by atoms with E-state index in [9.17, 15) is 0 Å². The Balaban J connectivity index is 2.54. The van der Waals surface area contributed by atoms with Crippen molar-refractivity contribution in [2.24, 2.45) is 0 Å². The van der Waals surface area contributed by atoms with E-state index >= 15 is 0 Å². The number of hydrogen-bond donors (Lipinski definition) is 0. The molecule has 0 N–H and O–H groups in total. The summed E-state index contributed by atoms with van der Waals surface area (Å²) in [5.41, 5.74) is 2.58. The summed E-state index contributed by atoms with van der Waals surface area (Å²) in [4.78, 5) is 0. The molecule has 0 saturated carbocycles. The second-order valence-electron chi connectivity index (χ2n) is 5.45. The molecule has 0 spiro atoms. The van der Waals surface area contributed by atoms with E-state index in [1.807, 2.05) is 0 Å². The van der Waals surface area contributed by atoms with Gasteiger partial charge in [-0.2, -0.15) is 0 Å². The van der Waals surface area contributed by atoms with Gasteiger partial charge in [-0.3, -0.25) is 0 Å². The minimum Gasteiger partial charge on any atom is -0.424 e. The average molecular weight is 284 g/mol. The average Bonchev–Trinajstić information content (AvgIpc) is 2.53. The normalized spacial score (nSPS) is 13.3. The second kappa shape index (κ2) is 6.87. The van der Waals surface area contributed by atoms with Crippen LogP contribution in [0.1, 0.15) is 37.8 Å². The molecule has 2 rings (SSSR count). The van der Waals surface area contributed by atoms with Crippen LogP contribution in [-0.2, 0) is 9.84 Å². The summed E-state index contributed by atoms with van der Waals surface area (Å²) in [6, 6.07) is 21.5. The molecule has 2 heteroatoms. The summed E-state index contributed by atoms with van der Waals surface area (Å²) < 4.78 is 6.00. The van der Waals surface area contributed by atoms with Gasteiger partial charge in [-0.25, -0.2) is 0 Å². The van der Waals surface area contributed by atoms with Crippen LogP contribution in [0.3, 0.4) is 0 Å². The summed E-state index contributed by atoms with van der Waals surface area (Å²) in [7, 11) is 0.769. The highest BCUT2D eigenvalue weighted by Gasteiger charge is 2.36. The fourth-order valence-corrected chi connectivity index (χ4v) is 3.72. The lowest BCUT2D eigenvalue weighted by molar-refractivity contribution is 0.139. The Morgan fingerprint density at radius 3 is 1.75 bits per heavy atom. The summed E-state index contributed by atoms with van der Waals surface area (Å²) >= 11 is 0. The van der Waals surface area contributed by atoms with Crippen molar-refractivity contribution in [1.29, 1.82) is 0 Å². The third-order valence-corrected chi connectivity index (χ3v) is 4.80. The molecule has 0 aliphatic heterocycles. The summed E-state index contributed by atoms with van der Waals surface area (Å²) in [6.45, 7) is 4.54. The van der Waals surface area contributed by atoms with Crippen LogP contribution in [0.25, 0.3) is 0 Å². The molecule has 0 aromatic heterocycles. The maximum absolute atomic E-state index is 6.00. The quantitative estimate of drug-likeness (QED) is 0.738. The van der Waals surface area contributed by atoms with E-state index in [0.29, 0.717) is 0 Å². The molecule has 0 aliphatic rings. The lowest BCUT2D eigenvalue weighted by Crippen LogP contribution is -2.39. The van der Waals surface area contributed by atoms with Gasteiger partial charge in [0.1, 0.15) is 10.5 Å². The zero-order chi connectivity index (χ0) is 14.4. The van der Waals surface area contributed by atoms with E-state index in [2.05, 4.69) is 74.5 Å². The van der Waals surface area contributed by atoms with Crippen LogP contribution in [0.15, 0.2) is 60.7 Å². The van der Waals surface area contributed by atoms with E-state index in [4.69, 9.17) is 4.43 Å². The molecule has 1 unspecified atom stereocenters. The molecule has 0 heterocycles. The van der Waals surface area contributed by atoms with Crippen LogP contribution < -0.4 is 0 Å². The first kappa shape index (κ1) is 15.0. The highest BCUT2D eigenvalue weighted by molar-refractivity contribution is 5.98. The maximum Gasteiger partial charge on any atom is 0.146 e. The van der Waals surface area contributed by atoms with Crippen LogP contribution in [0.4, 0.5) is 0 Å². The van der Waals surface area contributed by atoms with Crippen LogP contribution in [0, 0.1) is 0 Å². The molecule has 20 heavy (non-hydrogen) atoms. The Bertz CT molecular complexity index is 470. The van der Waals surface area contributed by atoms with E-state index in [1.165, 1.54) is 11.1 Å². The number of hydrogen-bond acceptors (Lipinski definition) is 1. The number of rotatable bonds is 6. The lowest BCUT2D eigenvalue weighted by Gasteiger charge is -2.38. The molecular formula is C18H24OSi. The van der Waals surface area contributed by atoms with Crippen molar-refractivity contribution in [3.63, 3.8) is 0 Å². The minimum atomic E-state index is -0.0831. The van der Waals surface area contributed by atoms with Gasteiger partial charge in [-0.15, -0.1) is 0 Å². The smallest absolute Gasteiger partial charge is 0.146 e. The largest absolute Gasteiger partial charge is 0.424 e. The van der Waals surface area contributed by atoms with Crippen molar-refractivity contribution < 1.29 is 4.43 Å². The van der Waals surface area contributed by atoms with Gasteiger partial charge < -0.3 is 4.43 Å². The van der Waals surface area contributed by atoms with E-state index in [1.54, 1.807) is 0 Å². The molecule has 0 bridgehead atoms. The topological polar surface area (TPSA) is 9.23 Å². The zero-order valence-electron chi connectivity index (χ0n) is 12.7. The second-order valence-corrected chi connectivity index (χ2v) is 5.92. The molecule has 1 atom stereocenters. The Kier molecular flexibility index (Phi) is 5.15. The highest BCUT2D eigenvalue weighted by Crippen LogP contribution is 2.38. The van der Waals surface area contributed by atoms with Crippen molar-refractivity contribution in [2.45, 2.75) is 38.2 Å². The van der Waals surface area contributed by atoms with Crippen molar-refractivity contribution in [3.05, 3.63) is 71.8 Å². The maximum atomic E-state index is 6.00. The third-order valence-electron chi connectivity index (χ3n) is 4.23. The molecule has 0 amide bonds. The molecule has 106 valence electrons. The fraction of sp³-hybridized carbons (Fsp3) is 0.333. The van der Waals surface area contributed by atoms with Crippen molar-refractivity contribution in [3.8, 4) is 0 Å². The van der Waals surface area contributed by atoms with Gasteiger partial charge in [-0.1, -0.05) is 74.0 Å². The van der Waals surface area contributed by atoms with Gasteiger partial charge in [0.2, 0.25) is 0 Å². The van der Waals surface area contributed by atoms with E-state index in [-0.39, 0.29) is 11.5 Å².